The number of likely N-dealkylation sites (N-methyl/N-ethyl adjacent to an activating group) is 1. The van der Waals surface area contributed by atoms with E-state index in [-0.39, 0.29) is 19.6 Å². The van der Waals surface area contributed by atoms with Crippen molar-refractivity contribution < 1.29 is 24.2 Å². The Balaban J connectivity index is 1.72. The quantitative estimate of drug-likeness (QED) is 0.425. The molecular formula is C24H30ClN3O5S. The number of nitrogens with zero attached hydrogens (tertiary/aromatic N) is 1. The lowest BCUT2D eigenvalue weighted by atomic mass is 10.00. The number of thiophene rings is 1. The Morgan fingerprint density at radius 1 is 1.18 bits per heavy atom. The van der Waals surface area contributed by atoms with Gasteiger partial charge >= 0.3 is 5.97 Å². The lowest BCUT2D eigenvalue weighted by Crippen LogP contribution is -2.57. The number of aliphatic carboxylic acids is 1. The first-order valence-electron chi connectivity index (χ1n) is 11.2. The van der Waals surface area contributed by atoms with Gasteiger partial charge in [-0.05, 0) is 68.6 Å². The van der Waals surface area contributed by atoms with E-state index in [1.807, 2.05) is 18.2 Å². The highest BCUT2D eigenvalue weighted by Gasteiger charge is 2.36. The third kappa shape index (κ3) is 7.27. The predicted octanol–water partition coefficient (Wildman–Crippen LogP) is 3.44. The molecule has 1 aromatic heterocycles. The normalized spacial score (nSPS) is 15.6. The lowest BCUT2D eigenvalue weighted by Gasteiger charge is -2.29. The molecule has 8 nitrogen and oxygen atoms in total. The molecule has 1 aliphatic heterocycles. The van der Waals surface area contributed by atoms with Gasteiger partial charge in [-0.3, -0.25) is 14.4 Å². The zero-order valence-corrected chi connectivity index (χ0v) is 20.9. The maximum absolute atomic E-state index is 13.3. The first kappa shape index (κ1) is 26.2. The van der Waals surface area contributed by atoms with Crippen molar-refractivity contribution in [2.45, 2.75) is 38.1 Å². The Hall–Kier alpha value is -2.46. The van der Waals surface area contributed by atoms with Crippen molar-refractivity contribution in [1.82, 2.24) is 10.2 Å². The first-order valence-corrected chi connectivity index (χ1v) is 12.3. The number of ether oxygens (including phenoxy) is 1. The van der Waals surface area contributed by atoms with Crippen molar-refractivity contribution in [3.63, 3.8) is 0 Å². The van der Waals surface area contributed by atoms with Crippen LogP contribution in [0.4, 0.5) is 5.69 Å². The molecule has 34 heavy (non-hydrogen) atoms. The summed E-state index contributed by atoms with van der Waals surface area (Å²) in [5.41, 5.74) is 1.74. The minimum absolute atomic E-state index is 0.0344. The number of amides is 2. The molecule has 1 aliphatic rings. The second-order valence-electron chi connectivity index (χ2n) is 8.68. The minimum Gasteiger partial charge on any atom is -0.481 e. The third-order valence-electron chi connectivity index (χ3n) is 5.75. The van der Waals surface area contributed by atoms with Gasteiger partial charge < -0.3 is 25.4 Å². The number of hydrogen-bond donors (Lipinski definition) is 3. The summed E-state index contributed by atoms with van der Waals surface area (Å²) in [7, 11) is 2.10. The van der Waals surface area contributed by atoms with Crippen molar-refractivity contribution >= 4 is 46.4 Å². The summed E-state index contributed by atoms with van der Waals surface area (Å²) in [6.45, 7) is 3.58. The van der Waals surface area contributed by atoms with Crippen LogP contribution in [0.3, 0.4) is 0 Å². The van der Waals surface area contributed by atoms with E-state index < -0.39 is 23.3 Å². The van der Waals surface area contributed by atoms with E-state index in [4.69, 9.17) is 21.4 Å². The second kappa shape index (κ2) is 11.8. The van der Waals surface area contributed by atoms with E-state index in [9.17, 15) is 14.4 Å². The number of anilines is 1. The average molecular weight is 508 g/mol. The van der Waals surface area contributed by atoms with Crippen LogP contribution in [-0.4, -0.2) is 66.7 Å². The number of nitrogens with one attached hydrogen (secondary N) is 2. The standard InChI is InChI=1S/C24H30ClN3O5S/c1-24(15-33-13-3-4-21(29)30,27-22(31)19-7-8-20(25)34-19)23(32)26-18-6-5-16-9-11-28(2)12-10-17(16)14-18/h5-8,14H,3-4,9-13,15H2,1-2H3,(H,26,32)(H,27,31)(H,29,30)/t24-/m1/s1. The molecule has 0 bridgehead atoms. The van der Waals surface area contributed by atoms with Gasteiger partial charge in [0.15, 0.2) is 0 Å². The third-order valence-corrected chi connectivity index (χ3v) is 6.98. The summed E-state index contributed by atoms with van der Waals surface area (Å²) < 4.78 is 6.07. The second-order valence-corrected chi connectivity index (χ2v) is 10.4. The minimum atomic E-state index is -1.39. The van der Waals surface area contributed by atoms with Gasteiger partial charge in [0, 0.05) is 31.8 Å². The van der Waals surface area contributed by atoms with Crippen molar-refractivity contribution in [2.75, 3.05) is 38.7 Å². The van der Waals surface area contributed by atoms with Crippen molar-refractivity contribution in [3.8, 4) is 0 Å². The van der Waals surface area contributed by atoms with Gasteiger partial charge in [-0.2, -0.15) is 0 Å². The molecule has 0 saturated carbocycles. The van der Waals surface area contributed by atoms with Gasteiger partial charge in [0.1, 0.15) is 5.54 Å². The number of benzene rings is 1. The van der Waals surface area contributed by atoms with Gasteiger partial charge in [-0.15, -0.1) is 11.3 Å². The summed E-state index contributed by atoms with van der Waals surface area (Å²) in [5, 5.41) is 14.5. The van der Waals surface area contributed by atoms with Crippen LogP contribution in [0.2, 0.25) is 4.34 Å². The molecule has 10 heteroatoms. The Bertz CT molecular complexity index is 1040. The van der Waals surface area contributed by atoms with Crippen LogP contribution in [0.1, 0.15) is 40.6 Å². The van der Waals surface area contributed by atoms with Crippen LogP contribution in [0.15, 0.2) is 30.3 Å². The fourth-order valence-electron chi connectivity index (χ4n) is 3.69. The smallest absolute Gasteiger partial charge is 0.303 e. The van der Waals surface area contributed by atoms with Crippen LogP contribution >= 0.6 is 22.9 Å². The topological polar surface area (TPSA) is 108 Å². The largest absolute Gasteiger partial charge is 0.481 e. The van der Waals surface area contributed by atoms with Crippen molar-refractivity contribution in [2.24, 2.45) is 0 Å². The molecule has 184 valence electrons. The summed E-state index contributed by atoms with van der Waals surface area (Å²) >= 11 is 7.07. The van der Waals surface area contributed by atoms with Gasteiger partial charge in [-0.25, -0.2) is 0 Å². The van der Waals surface area contributed by atoms with E-state index in [1.165, 1.54) is 11.1 Å². The maximum Gasteiger partial charge on any atom is 0.303 e. The Morgan fingerprint density at radius 3 is 2.59 bits per heavy atom. The van der Waals surface area contributed by atoms with Gasteiger partial charge in [0.05, 0.1) is 15.8 Å². The Kier molecular flexibility index (Phi) is 9.07. The molecule has 1 aromatic carbocycles. The molecule has 0 unspecified atom stereocenters. The molecule has 2 aromatic rings. The average Bonchev–Trinajstić information content (AvgIpc) is 3.14. The molecule has 0 spiro atoms. The van der Waals surface area contributed by atoms with Crippen LogP contribution in [0, 0.1) is 0 Å². The maximum atomic E-state index is 13.3. The monoisotopic (exact) mass is 507 g/mol. The van der Waals surface area contributed by atoms with E-state index in [0.717, 1.165) is 37.3 Å². The molecule has 0 radical (unpaired) electrons. The number of hydrogen-bond acceptors (Lipinski definition) is 6. The molecule has 3 rings (SSSR count). The lowest BCUT2D eigenvalue weighted by molar-refractivity contribution is -0.137. The molecule has 2 heterocycles. The highest BCUT2D eigenvalue weighted by molar-refractivity contribution is 7.18. The predicted molar refractivity (Wildman–Crippen MR) is 133 cm³/mol. The summed E-state index contributed by atoms with van der Waals surface area (Å²) in [6.07, 6.45) is 2.13. The zero-order chi connectivity index (χ0) is 24.7. The summed E-state index contributed by atoms with van der Waals surface area (Å²) in [5.74, 6) is -1.78. The number of carboxylic acids is 1. The molecule has 0 aliphatic carbocycles. The van der Waals surface area contributed by atoms with Gasteiger partial charge in [0.2, 0.25) is 0 Å². The molecule has 0 saturated heterocycles. The first-order chi connectivity index (χ1) is 16.2. The van der Waals surface area contributed by atoms with E-state index in [0.29, 0.717) is 21.3 Å². The number of rotatable bonds is 10. The molecule has 3 N–H and O–H groups in total. The fraction of sp³-hybridized carbons (Fsp3) is 0.458. The number of fused-ring (bicyclic) bond motifs is 1. The Labute approximate surface area is 208 Å². The number of carbonyl (C=O) groups excluding carboxylic acids is 2. The molecule has 2 amide bonds. The summed E-state index contributed by atoms with van der Waals surface area (Å²) in [4.78, 5) is 39.5. The molecule has 1 atom stereocenters. The summed E-state index contributed by atoms with van der Waals surface area (Å²) in [6, 6.07) is 9.11. The number of carboxylic acid groups (broad SMARTS) is 1. The van der Waals surface area contributed by atoms with E-state index >= 15 is 0 Å². The van der Waals surface area contributed by atoms with Crippen LogP contribution in [0.25, 0.3) is 0 Å². The van der Waals surface area contributed by atoms with Crippen LogP contribution in [-0.2, 0) is 27.2 Å². The van der Waals surface area contributed by atoms with Crippen LogP contribution in [0.5, 0.6) is 0 Å². The molecule has 0 fully saturated rings. The van der Waals surface area contributed by atoms with Gasteiger partial charge in [0.25, 0.3) is 11.8 Å². The fourth-order valence-corrected chi connectivity index (χ4v) is 4.63. The highest BCUT2D eigenvalue weighted by Crippen LogP contribution is 2.24. The molecular weight excluding hydrogens is 478 g/mol. The number of carbonyl (C=O) groups is 3. The number of halogens is 1. The van der Waals surface area contributed by atoms with Crippen molar-refractivity contribution in [3.05, 3.63) is 50.7 Å². The van der Waals surface area contributed by atoms with E-state index in [2.05, 4.69) is 22.6 Å². The Morgan fingerprint density at radius 2 is 1.91 bits per heavy atom. The van der Waals surface area contributed by atoms with E-state index in [1.54, 1.807) is 19.1 Å². The van der Waals surface area contributed by atoms with Crippen LogP contribution < -0.4 is 10.6 Å². The van der Waals surface area contributed by atoms with Crippen molar-refractivity contribution in [1.29, 1.82) is 0 Å². The zero-order valence-electron chi connectivity index (χ0n) is 19.4. The highest BCUT2D eigenvalue weighted by atomic mass is 35.5. The SMILES string of the molecule is CN1CCc2ccc(NC(=O)[C@@](C)(COCCCC(=O)O)NC(=O)c3ccc(Cl)s3)cc2CC1. The van der Waals surface area contributed by atoms with Gasteiger partial charge in [-0.1, -0.05) is 17.7 Å².